The lowest BCUT2D eigenvalue weighted by molar-refractivity contribution is 0.0686. The lowest BCUT2D eigenvalue weighted by atomic mass is 10.1. The Hall–Kier alpha value is -3.21. The molecule has 0 heterocycles. The van der Waals surface area contributed by atoms with Crippen LogP contribution in [-0.4, -0.2) is 27.9 Å². The fourth-order valence-electron chi connectivity index (χ4n) is 1.78. The summed E-state index contributed by atoms with van der Waals surface area (Å²) in [6.07, 6.45) is 2.92. The van der Waals surface area contributed by atoms with Crippen molar-refractivity contribution >= 4 is 23.8 Å². The van der Waals surface area contributed by atoms with Gasteiger partial charge in [0.25, 0.3) is 0 Å². The summed E-state index contributed by atoms with van der Waals surface area (Å²) in [7, 11) is 0. The first-order chi connectivity index (χ1) is 10.5. The summed E-state index contributed by atoms with van der Waals surface area (Å²) in [4.78, 5) is 33.4. The SMILES string of the molecule is O=C(O)c1ccc(/C=C/C(=O)c2ccc(C(=O)O)cc2)cc1. The van der Waals surface area contributed by atoms with E-state index in [-0.39, 0.29) is 16.9 Å². The van der Waals surface area contributed by atoms with E-state index in [0.717, 1.165) is 0 Å². The number of ketones is 1. The molecule has 0 saturated heterocycles. The third kappa shape index (κ3) is 3.67. The van der Waals surface area contributed by atoms with Gasteiger partial charge < -0.3 is 10.2 Å². The smallest absolute Gasteiger partial charge is 0.335 e. The number of carbonyl (C=O) groups is 3. The molecule has 110 valence electrons. The van der Waals surface area contributed by atoms with Gasteiger partial charge in [0, 0.05) is 5.56 Å². The van der Waals surface area contributed by atoms with Crippen LogP contribution in [0.1, 0.15) is 36.6 Å². The highest BCUT2D eigenvalue weighted by Gasteiger charge is 2.05. The average Bonchev–Trinajstić information content (AvgIpc) is 2.53. The van der Waals surface area contributed by atoms with Crippen LogP contribution in [-0.2, 0) is 0 Å². The molecule has 0 aromatic heterocycles. The topological polar surface area (TPSA) is 91.7 Å². The normalized spacial score (nSPS) is 10.5. The number of carboxylic acids is 2. The quantitative estimate of drug-likeness (QED) is 0.653. The van der Waals surface area contributed by atoms with E-state index >= 15 is 0 Å². The van der Waals surface area contributed by atoms with Gasteiger partial charge in [0.05, 0.1) is 11.1 Å². The van der Waals surface area contributed by atoms with Crippen LogP contribution in [0.5, 0.6) is 0 Å². The number of hydrogen-bond acceptors (Lipinski definition) is 3. The van der Waals surface area contributed by atoms with E-state index in [0.29, 0.717) is 11.1 Å². The van der Waals surface area contributed by atoms with Crippen molar-refractivity contribution in [3.8, 4) is 0 Å². The summed E-state index contributed by atoms with van der Waals surface area (Å²) in [6, 6.07) is 11.7. The van der Waals surface area contributed by atoms with Crippen LogP contribution in [0, 0.1) is 0 Å². The van der Waals surface area contributed by atoms with E-state index in [1.165, 1.54) is 42.5 Å². The Morgan fingerprint density at radius 2 is 1.09 bits per heavy atom. The summed E-state index contributed by atoms with van der Waals surface area (Å²) in [6.45, 7) is 0. The van der Waals surface area contributed by atoms with Crippen molar-refractivity contribution in [2.75, 3.05) is 0 Å². The second kappa shape index (κ2) is 6.49. The summed E-state index contributed by atoms with van der Waals surface area (Å²) >= 11 is 0. The highest BCUT2D eigenvalue weighted by atomic mass is 16.4. The molecule has 2 aromatic rings. The van der Waals surface area contributed by atoms with Crippen LogP contribution in [0.15, 0.2) is 54.6 Å². The number of allylic oxidation sites excluding steroid dienone is 1. The molecule has 0 saturated carbocycles. The van der Waals surface area contributed by atoms with Crippen molar-refractivity contribution in [2.24, 2.45) is 0 Å². The molecule has 0 aliphatic carbocycles. The molecular formula is C17H12O5. The van der Waals surface area contributed by atoms with Crippen molar-refractivity contribution in [3.05, 3.63) is 76.9 Å². The molecular weight excluding hydrogens is 284 g/mol. The zero-order valence-electron chi connectivity index (χ0n) is 11.4. The summed E-state index contributed by atoms with van der Waals surface area (Å²) < 4.78 is 0. The molecule has 5 heteroatoms. The fraction of sp³-hybridized carbons (Fsp3) is 0. The fourth-order valence-corrected chi connectivity index (χ4v) is 1.78. The van der Waals surface area contributed by atoms with Gasteiger partial charge in [-0.1, -0.05) is 30.3 Å². The summed E-state index contributed by atoms with van der Waals surface area (Å²) in [5.74, 6) is -2.32. The lowest BCUT2D eigenvalue weighted by Gasteiger charge is -1.98. The van der Waals surface area contributed by atoms with Crippen molar-refractivity contribution in [2.45, 2.75) is 0 Å². The number of carboxylic acid groups (broad SMARTS) is 2. The zero-order valence-corrected chi connectivity index (χ0v) is 11.4. The standard InChI is InChI=1S/C17H12O5/c18-15(12-6-8-14(9-7-12)17(21)22)10-3-11-1-4-13(5-2-11)16(19)20/h1-10H,(H,19,20)(H,21,22)/b10-3+. The molecule has 5 nitrogen and oxygen atoms in total. The molecule has 0 spiro atoms. The largest absolute Gasteiger partial charge is 0.478 e. The molecule has 0 aliphatic heterocycles. The van der Waals surface area contributed by atoms with Crippen LogP contribution in [0.25, 0.3) is 6.08 Å². The second-order valence-electron chi connectivity index (χ2n) is 4.51. The number of hydrogen-bond donors (Lipinski definition) is 2. The molecule has 0 aliphatic rings. The molecule has 0 atom stereocenters. The third-order valence-electron chi connectivity index (χ3n) is 3.00. The summed E-state index contributed by atoms with van der Waals surface area (Å²) in [5, 5.41) is 17.6. The van der Waals surface area contributed by atoms with Crippen LogP contribution >= 0.6 is 0 Å². The van der Waals surface area contributed by atoms with Crippen LogP contribution in [0.4, 0.5) is 0 Å². The van der Waals surface area contributed by atoms with Crippen molar-refractivity contribution in [1.82, 2.24) is 0 Å². The van der Waals surface area contributed by atoms with E-state index in [2.05, 4.69) is 0 Å². The number of benzene rings is 2. The predicted octanol–water partition coefficient (Wildman–Crippen LogP) is 2.98. The Balaban J connectivity index is 2.10. The van der Waals surface area contributed by atoms with Gasteiger partial charge in [-0.05, 0) is 35.9 Å². The van der Waals surface area contributed by atoms with Crippen molar-refractivity contribution in [1.29, 1.82) is 0 Å². The number of carbonyl (C=O) groups excluding carboxylic acids is 1. The van der Waals surface area contributed by atoms with Gasteiger partial charge in [0.1, 0.15) is 0 Å². The molecule has 2 rings (SSSR count). The van der Waals surface area contributed by atoms with Crippen molar-refractivity contribution < 1.29 is 24.6 Å². The van der Waals surface area contributed by atoms with Gasteiger partial charge in [-0.2, -0.15) is 0 Å². The molecule has 0 radical (unpaired) electrons. The first-order valence-corrected chi connectivity index (χ1v) is 6.36. The monoisotopic (exact) mass is 296 g/mol. The molecule has 22 heavy (non-hydrogen) atoms. The van der Waals surface area contributed by atoms with Crippen LogP contribution in [0.2, 0.25) is 0 Å². The highest BCUT2D eigenvalue weighted by Crippen LogP contribution is 2.09. The highest BCUT2D eigenvalue weighted by molar-refractivity contribution is 6.07. The lowest BCUT2D eigenvalue weighted by Crippen LogP contribution is -1.99. The summed E-state index contributed by atoms with van der Waals surface area (Å²) in [5.41, 5.74) is 1.36. The predicted molar refractivity (Wildman–Crippen MR) is 80.2 cm³/mol. The third-order valence-corrected chi connectivity index (χ3v) is 3.00. The second-order valence-corrected chi connectivity index (χ2v) is 4.51. The van der Waals surface area contributed by atoms with E-state index in [1.54, 1.807) is 18.2 Å². The van der Waals surface area contributed by atoms with Crippen LogP contribution < -0.4 is 0 Å². The Kier molecular flexibility index (Phi) is 4.48. The Morgan fingerprint density at radius 1 is 0.682 bits per heavy atom. The molecule has 2 N–H and O–H groups in total. The van der Waals surface area contributed by atoms with Gasteiger partial charge in [-0.25, -0.2) is 9.59 Å². The maximum atomic E-state index is 11.9. The van der Waals surface area contributed by atoms with E-state index in [4.69, 9.17) is 10.2 Å². The minimum atomic E-state index is -1.05. The van der Waals surface area contributed by atoms with Gasteiger partial charge in [0.15, 0.2) is 5.78 Å². The van der Waals surface area contributed by atoms with Crippen molar-refractivity contribution in [3.63, 3.8) is 0 Å². The Morgan fingerprint density at radius 3 is 1.55 bits per heavy atom. The Bertz CT molecular complexity index is 740. The molecule has 0 unspecified atom stereocenters. The first kappa shape index (κ1) is 15.2. The minimum Gasteiger partial charge on any atom is -0.478 e. The van der Waals surface area contributed by atoms with E-state index < -0.39 is 11.9 Å². The van der Waals surface area contributed by atoms with Crippen LogP contribution in [0.3, 0.4) is 0 Å². The molecule has 0 amide bonds. The Labute approximate surface area is 126 Å². The number of rotatable bonds is 5. The van der Waals surface area contributed by atoms with E-state index in [1.807, 2.05) is 0 Å². The van der Waals surface area contributed by atoms with Gasteiger partial charge >= 0.3 is 11.9 Å². The molecule has 0 fully saturated rings. The molecule has 0 bridgehead atoms. The zero-order chi connectivity index (χ0) is 16.1. The maximum absolute atomic E-state index is 11.9. The maximum Gasteiger partial charge on any atom is 0.335 e. The van der Waals surface area contributed by atoms with Gasteiger partial charge in [-0.3, -0.25) is 4.79 Å². The number of aromatic carboxylic acids is 2. The van der Waals surface area contributed by atoms with E-state index in [9.17, 15) is 14.4 Å². The van der Waals surface area contributed by atoms with Gasteiger partial charge in [-0.15, -0.1) is 0 Å². The minimum absolute atomic E-state index is 0.116. The molecule has 2 aromatic carbocycles. The van der Waals surface area contributed by atoms with Gasteiger partial charge in [0.2, 0.25) is 0 Å². The first-order valence-electron chi connectivity index (χ1n) is 6.36. The average molecular weight is 296 g/mol.